The zero-order valence-electron chi connectivity index (χ0n) is 16.1. The summed E-state index contributed by atoms with van der Waals surface area (Å²) < 4.78 is 1.58. The number of Topliss-reactive ketones (excluding diaryl/α,β-unsaturated/α-hetero) is 1. The highest BCUT2D eigenvalue weighted by molar-refractivity contribution is 6.01. The topological polar surface area (TPSA) is 94.1 Å². The molecule has 0 spiro atoms. The number of benzene rings is 1. The maximum atomic E-state index is 13.0. The van der Waals surface area contributed by atoms with Crippen molar-refractivity contribution in [2.75, 3.05) is 18.8 Å². The average Bonchev–Trinajstić information content (AvgIpc) is 3.16. The number of anilines is 1. The minimum Gasteiger partial charge on any atom is -0.383 e. The van der Waals surface area contributed by atoms with Gasteiger partial charge in [-0.15, -0.1) is 0 Å². The minimum absolute atomic E-state index is 0.00374. The molecule has 0 radical (unpaired) electrons. The first-order valence-corrected chi connectivity index (χ1v) is 9.73. The highest BCUT2D eigenvalue weighted by atomic mass is 16.2. The predicted octanol–water partition coefficient (Wildman–Crippen LogP) is 2.51. The summed E-state index contributed by atoms with van der Waals surface area (Å²) in [6.07, 6.45) is 6.55. The number of nitrogens with two attached hydrogens (primary N) is 1. The molecule has 1 aliphatic heterocycles. The summed E-state index contributed by atoms with van der Waals surface area (Å²) in [5, 5.41) is 4.29. The summed E-state index contributed by atoms with van der Waals surface area (Å²) in [4.78, 5) is 31.4. The number of hydrogen-bond donors (Lipinski definition) is 1. The van der Waals surface area contributed by atoms with Crippen LogP contribution >= 0.6 is 0 Å². The van der Waals surface area contributed by atoms with Gasteiger partial charge in [0.1, 0.15) is 5.82 Å². The van der Waals surface area contributed by atoms with E-state index in [0.717, 1.165) is 11.3 Å². The Bertz CT molecular complexity index is 993. The Morgan fingerprint density at radius 2 is 1.79 bits per heavy atom. The van der Waals surface area contributed by atoms with E-state index >= 15 is 0 Å². The molecule has 0 bridgehead atoms. The van der Waals surface area contributed by atoms with Gasteiger partial charge < -0.3 is 10.6 Å². The Morgan fingerprint density at radius 3 is 2.48 bits per heavy atom. The van der Waals surface area contributed by atoms with Gasteiger partial charge in [-0.3, -0.25) is 14.6 Å². The van der Waals surface area contributed by atoms with Gasteiger partial charge in [0.25, 0.3) is 0 Å². The predicted molar refractivity (Wildman–Crippen MR) is 110 cm³/mol. The van der Waals surface area contributed by atoms with Crippen LogP contribution in [0.3, 0.4) is 0 Å². The highest BCUT2D eigenvalue weighted by Gasteiger charge is 2.30. The van der Waals surface area contributed by atoms with Gasteiger partial charge in [-0.1, -0.05) is 24.3 Å². The van der Waals surface area contributed by atoms with Crippen LogP contribution < -0.4 is 5.73 Å². The number of pyridine rings is 1. The number of hydrogen-bond acceptors (Lipinski definition) is 5. The fourth-order valence-corrected chi connectivity index (χ4v) is 3.72. The molecule has 7 heteroatoms. The molecule has 1 aromatic carbocycles. The fourth-order valence-electron chi connectivity index (χ4n) is 3.72. The van der Waals surface area contributed by atoms with E-state index in [1.54, 1.807) is 23.3 Å². The molecule has 2 aromatic heterocycles. The lowest BCUT2D eigenvalue weighted by Crippen LogP contribution is -2.41. The smallest absolute Gasteiger partial charge is 0.227 e. The molecule has 1 fully saturated rings. The molecule has 0 saturated carbocycles. The number of piperidine rings is 1. The highest BCUT2D eigenvalue weighted by Crippen LogP contribution is 2.26. The number of rotatable bonds is 5. The molecule has 148 valence electrons. The maximum absolute atomic E-state index is 13.0. The third-order valence-corrected chi connectivity index (χ3v) is 5.37. The SMILES string of the molecule is Nc1c(C(=O)C2CCN(C(=O)Cc3cccnc3)CC2)cnn1-c1ccccc1. The van der Waals surface area contributed by atoms with Crippen molar-refractivity contribution < 1.29 is 9.59 Å². The molecule has 29 heavy (non-hydrogen) atoms. The zero-order chi connectivity index (χ0) is 20.2. The molecule has 1 saturated heterocycles. The van der Waals surface area contributed by atoms with Crippen LogP contribution in [0, 0.1) is 5.92 Å². The lowest BCUT2D eigenvalue weighted by molar-refractivity contribution is -0.131. The maximum Gasteiger partial charge on any atom is 0.227 e. The molecular formula is C22H23N5O2. The van der Waals surface area contributed by atoms with E-state index in [1.807, 2.05) is 47.4 Å². The van der Waals surface area contributed by atoms with Crippen molar-refractivity contribution in [3.63, 3.8) is 0 Å². The third-order valence-electron chi connectivity index (χ3n) is 5.37. The summed E-state index contributed by atoms with van der Waals surface area (Å²) in [6, 6.07) is 13.2. The van der Waals surface area contributed by atoms with Crippen molar-refractivity contribution in [3.05, 3.63) is 72.2 Å². The summed E-state index contributed by atoms with van der Waals surface area (Å²) in [5.74, 6) is 0.286. The normalized spacial score (nSPS) is 14.7. The molecule has 0 aliphatic carbocycles. The van der Waals surface area contributed by atoms with E-state index in [9.17, 15) is 9.59 Å². The van der Waals surface area contributed by atoms with Crippen LogP contribution in [0.5, 0.6) is 0 Å². The van der Waals surface area contributed by atoms with E-state index < -0.39 is 0 Å². The van der Waals surface area contributed by atoms with E-state index in [0.29, 0.717) is 43.7 Å². The largest absolute Gasteiger partial charge is 0.383 e. The molecule has 2 N–H and O–H groups in total. The Morgan fingerprint density at radius 1 is 1.03 bits per heavy atom. The number of para-hydroxylation sites is 1. The average molecular weight is 389 g/mol. The zero-order valence-corrected chi connectivity index (χ0v) is 16.1. The molecule has 7 nitrogen and oxygen atoms in total. The van der Waals surface area contributed by atoms with Crippen LogP contribution in [0.4, 0.5) is 5.82 Å². The van der Waals surface area contributed by atoms with Crippen molar-refractivity contribution >= 4 is 17.5 Å². The summed E-state index contributed by atoms with van der Waals surface area (Å²) in [5.41, 5.74) is 8.39. The lowest BCUT2D eigenvalue weighted by Gasteiger charge is -2.31. The molecular weight excluding hydrogens is 366 g/mol. The standard InChI is InChI=1S/C22H23N5O2/c23-22-19(15-25-27(22)18-6-2-1-3-7-18)21(29)17-8-11-26(12-9-17)20(28)13-16-5-4-10-24-14-16/h1-7,10,14-15,17H,8-9,11-13,23H2. The van der Waals surface area contributed by atoms with Gasteiger partial charge in [0, 0.05) is 31.4 Å². The second kappa shape index (κ2) is 8.26. The number of nitrogens with zero attached hydrogens (tertiary/aromatic N) is 4. The molecule has 3 heterocycles. The molecule has 0 atom stereocenters. The lowest BCUT2D eigenvalue weighted by atomic mass is 9.89. The first-order chi connectivity index (χ1) is 14.1. The van der Waals surface area contributed by atoms with Crippen molar-refractivity contribution in [2.45, 2.75) is 19.3 Å². The number of likely N-dealkylation sites (tertiary alicyclic amines) is 1. The minimum atomic E-state index is -0.145. The third kappa shape index (κ3) is 4.03. The number of carbonyl (C=O) groups is 2. The number of nitrogen functional groups attached to an aromatic ring is 1. The van der Waals surface area contributed by atoms with E-state index in [1.165, 1.54) is 0 Å². The molecule has 4 rings (SSSR count). The summed E-state index contributed by atoms with van der Waals surface area (Å²) in [7, 11) is 0. The van der Waals surface area contributed by atoms with Crippen LogP contribution in [-0.4, -0.2) is 44.4 Å². The van der Waals surface area contributed by atoms with E-state index in [4.69, 9.17) is 5.73 Å². The number of amides is 1. The van der Waals surface area contributed by atoms with Crippen LogP contribution in [0.15, 0.2) is 61.1 Å². The molecule has 1 aliphatic rings. The van der Waals surface area contributed by atoms with Gasteiger partial charge in [-0.25, -0.2) is 4.68 Å². The first-order valence-electron chi connectivity index (χ1n) is 9.73. The summed E-state index contributed by atoms with van der Waals surface area (Å²) in [6.45, 7) is 1.14. The monoisotopic (exact) mass is 389 g/mol. The fraction of sp³-hybridized carbons (Fsp3) is 0.273. The molecule has 3 aromatic rings. The Balaban J connectivity index is 1.38. The number of carbonyl (C=O) groups excluding carboxylic acids is 2. The van der Waals surface area contributed by atoms with Gasteiger partial charge in [0.2, 0.25) is 5.91 Å². The van der Waals surface area contributed by atoms with E-state index in [-0.39, 0.29) is 17.6 Å². The van der Waals surface area contributed by atoms with Crippen molar-refractivity contribution in [3.8, 4) is 5.69 Å². The van der Waals surface area contributed by atoms with Crippen LogP contribution in [-0.2, 0) is 11.2 Å². The summed E-state index contributed by atoms with van der Waals surface area (Å²) >= 11 is 0. The van der Waals surface area contributed by atoms with Gasteiger partial charge in [0.05, 0.1) is 23.9 Å². The molecule has 0 unspecified atom stereocenters. The Labute approximate surface area is 169 Å². The Hall–Kier alpha value is -3.48. The van der Waals surface area contributed by atoms with Gasteiger partial charge >= 0.3 is 0 Å². The second-order valence-electron chi connectivity index (χ2n) is 7.25. The van der Waals surface area contributed by atoms with Gasteiger partial charge in [-0.2, -0.15) is 5.10 Å². The van der Waals surface area contributed by atoms with Gasteiger partial charge in [-0.05, 0) is 36.6 Å². The quantitative estimate of drug-likeness (QED) is 0.677. The number of ketones is 1. The molecule has 1 amide bonds. The van der Waals surface area contributed by atoms with Crippen molar-refractivity contribution in [1.82, 2.24) is 19.7 Å². The Kier molecular flexibility index (Phi) is 5.37. The van der Waals surface area contributed by atoms with Crippen molar-refractivity contribution in [2.24, 2.45) is 5.92 Å². The number of aromatic nitrogens is 3. The second-order valence-corrected chi connectivity index (χ2v) is 7.25. The van der Waals surface area contributed by atoms with Crippen LogP contribution in [0.1, 0.15) is 28.8 Å². The first kappa shape index (κ1) is 18.9. The van der Waals surface area contributed by atoms with Crippen LogP contribution in [0.2, 0.25) is 0 Å². The van der Waals surface area contributed by atoms with Gasteiger partial charge in [0.15, 0.2) is 5.78 Å². The van der Waals surface area contributed by atoms with E-state index in [2.05, 4.69) is 10.1 Å². The van der Waals surface area contributed by atoms with Crippen LogP contribution in [0.25, 0.3) is 5.69 Å². The van der Waals surface area contributed by atoms with Crippen molar-refractivity contribution in [1.29, 1.82) is 0 Å².